The van der Waals surface area contributed by atoms with Gasteiger partial charge in [-0.05, 0) is 24.3 Å². The van der Waals surface area contributed by atoms with Crippen molar-refractivity contribution in [1.82, 2.24) is 4.72 Å². The summed E-state index contributed by atoms with van der Waals surface area (Å²) >= 11 is 0. The SMILES string of the molecule is O=S(=O)(NC1CCCCC1)c1cccc2ccccc12. The zero-order valence-electron chi connectivity index (χ0n) is 11.4. The van der Waals surface area contributed by atoms with Crippen molar-refractivity contribution in [1.29, 1.82) is 0 Å². The van der Waals surface area contributed by atoms with Crippen molar-refractivity contribution in [2.75, 3.05) is 0 Å². The van der Waals surface area contributed by atoms with Gasteiger partial charge in [0, 0.05) is 11.4 Å². The molecule has 2 aromatic rings. The van der Waals surface area contributed by atoms with Gasteiger partial charge in [-0.25, -0.2) is 13.1 Å². The van der Waals surface area contributed by atoms with Gasteiger partial charge in [0.15, 0.2) is 0 Å². The van der Waals surface area contributed by atoms with Crippen LogP contribution in [0.5, 0.6) is 0 Å². The molecule has 20 heavy (non-hydrogen) atoms. The van der Waals surface area contributed by atoms with Crippen LogP contribution in [0, 0.1) is 0 Å². The normalized spacial score (nSPS) is 17.4. The van der Waals surface area contributed by atoms with Gasteiger partial charge < -0.3 is 0 Å². The van der Waals surface area contributed by atoms with Gasteiger partial charge in [0.1, 0.15) is 0 Å². The molecule has 1 saturated carbocycles. The van der Waals surface area contributed by atoms with Crippen molar-refractivity contribution in [2.45, 2.75) is 43.0 Å². The molecule has 0 amide bonds. The lowest BCUT2D eigenvalue weighted by molar-refractivity contribution is 0.412. The molecule has 4 heteroatoms. The number of nitrogens with one attached hydrogen (secondary N) is 1. The third-order valence-electron chi connectivity index (χ3n) is 3.97. The van der Waals surface area contributed by atoms with Gasteiger partial charge >= 0.3 is 0 Å². The number of hydrogen-bond acceptors (Lipinski definition) is 2. The third kappa shape index (κ3) is 2.72. The highest BCUT2D eigenvalue weighted by atomic mass is 32.2. The van der Waals surface area contributed by atoms with Crippen molar-refractivity contribution in [3.05, 3.63) is 42.5 Å². The molecule has 106 valence electrons. The first-order chi connectivity index (χ1) is 9.67. The molecule has 0 bridgehead atoms. The van der Waals surface area contributed by atoms with E-state index < -0.39 is 10.0 Å². The van der Waals surface area contributed by atoms with E-state index in [-0.39, 0.29) is 6.04 Å². The molecule has 0 spiro atoms. The van der Waals surface area contributed by atoms with Crippen LogP contribution in [0.2, 0.25) is 0 Å². The Balaban J connectivity index is 1.96. The number of hydrogen-bond donors (Lipinski definition) is 1. The first-order valence-corrected chi connectivity index (χ1v) is 8.65. The van der Waals surface area contributed by atoms with Crippen LogP contribution in [0.25, 0.3) is 10.8 Å². The molecular weight excluding hydrogens is 270 g/mol. The minimum Gasteiger partial charge on any atom is -0.208 e. The molecule has 0 atom stereocenters. The fourth-order valence-electron chi connectivity index (χ4n) is 2.93. The van der Waals surface area contributed by atoms with E-state index in [0.29, 0.717) is 4.90 Å². The van der Waals surface area contributed by atoms with Crippen molar-refractivity contribution < 1.29 is 8.42 Å². The summed E-state index contributed by atoms with van der Waals surface area (Å²) in [4.78, 5) is 0.390. The summed E-state index contributed by atoms with van der Waals surface area (Å²) in [5.74, 6) is 0. The Kier molecular flexibility index (Phi) is 3.76. The molecule has 0 unspecified atom stereocenters. The second kappa shape index (κ2) is 5.54. The standard InChI is InChI=1S/C16H19NO2S/c18-20(19,17-14-9-2-1-3-10-14)16-12-6-8-13-7-4-5-11-15(13)16/h4-8,11-12,14,17H,1-3,9-10H2. The maximum Gasteiger partial charge on any atom is 0.241 e. The van der Waals surface area contributed by atoms with Crippen LogP contribution in [0.1, 0.15) is 32.1 Å². The predicted octanol–water partition coefficient (Wildman–Crippen LogP) is 3.45. The number of fused-ring (bicyclic) bond motifs is 1. The molecule has 0 aliphatic heterocycles. The van der Waals surface area contributed by atoms with E-state index in [0.717, 1.165) is 36.5 Å². The van der Waals surface area contributed by atoms with Crippen molar-refractivity contribution in [2.24, 2.45) is 0 Å². The third-order valence-corrected chi connectivity index (χ3v) is 5.54. The van der Waals surface area contributed by atoms with Crippen LogP contribution in [0.4, 0.5) is 0 Å². The minimum absolute atomic E-state index is 0.0905. The molecular formula is C16H19NO2S. The summed E-state index contributed by atoms with van der Waals surface area (Å²) in [6.45, 7) is 0. The molecule has 0 saturated heterocycles. The lowest BCUT2D eigenvalue weighted by Crippen LogP contribution is -2.36. The van der Waals surface area contributed by atoms with Crippen molar-refractivity contribution >= 4 is 20.8 Å². The van der Waals surface area contributed by atoms with Gasteiger partial charge in [-0.1, -0.05) is 55.7 Å². The maximum atomic E-state index is 12.6. The van der Waals surface area contributed by atoms with Crippen LogP contribution in [-0.4, -0.2) is 14.5 Å². The summed E-state index contributed by atoms with van der Waals surface area (Å²) in [7, 11) is -3.44. The Bertz CT molecular complexity index is 698. The summed E-state index contributed by atoms with van der Waals surface area (Å²) in [6.07, 6.45) is 5.34. The summed E-state index contributed by atoms with van der Waals surface area (Å²) in [5.41, 5.74) is 0. The van der Waals surface area contributed by atoms with E-state index in [4.69, 9.17) is 0 Å². The van der Waals surface area contributed by atoms with Crippen LogP contribution < -0.4 is 4.72 Å². The number of benzene rings is 2. The molecule has 0 heterocycles. The second-order valence-corrected chi connectivity index (χ2v) is 7.12. The average molecular weight is 289 g/mol. The molecule has 1 aliphatic rings. The lowest BCUT2D eigenvalue weighted by Gasteiger charge is -2.23. The van der Waals surface area contributed by atoms with Gasteiger partial charge in [0.2, 0.25) is 10.0 Å². The van der Waals surface area contributed by atoms with Crippen molar-refractivity contribution in [3.8, 4) is 0 Å². The Labute approximate surface area is 120 Å². The van der Waals surface area contributed by atoms with Crippen LogP contribution in [0.3, 0.4) is 0 Å². The summed E-state index contributed by atoms with van der Waals surface area (Å²) < 4.78 is 28.1. The van der Waals surface area contributed by atoms with E-state index in [9.17, 15) is 8.42 Å². The summed E-state index contributed by atoms with van der Waals surface area (Å²) in [5, 5.41) is 1.75. The number of sulfonamides is 1. The fourth-order valence-corrected chi connectivity index (χ4v) is 4.47. The quantitative estimate of drug-likeness (QED) is 0.940. The average Bonchev–Trinajstić information content (AvgIpc) is 2.47. The molecule has 1 aliphatic carbocycles. The minimum atomic E-state index is -3.44. The Morgan fingerprint density at radius 3 is 2.40 bits per heavy atom. The highest BCUT2D eigenvalue weighted by molar-refractivity contribution is 7.89. The van der Waals surface area contributed by atoms with Crippen molar-refractivity contribution in [3.63, 3.8) is 0 Å². The monoisotopic (exact) mass is 289 g/mol. The van der Waals surface area contributed by atoms with E-state index in [1.165, 1.54) is 6.42 Å². The maximum absolute atomic E-state index is 12.6. The smallest absolute Gasteiger partial charge is 0.208 e. The fraction of sp³-hybridized carbons (Fsp3) is 0.375. The van der Waals surface area contributed by atoms with Crippen LogP contribution in [0.15, 0.2) is 47.4 Å². The van der Waals surface area contributed by atoms with E-state index in [2.05, 4.69) is 4.72 Å². The topological polar surface area (TPSA) is 46.2 Å². The second-order valence-electron chi connectivity index (χ2n) is 5.43. The molecule has 2 aromatic carbocycles. The lowest BCUT2D eigenvalue weighted by atomic mass is 9.96. The van der Waals surface area contributed by atoms with Crippen LogP contribution >= 0.6 is 0 Å². The van der Waals surface area contributed by atoms with Crippen LogP contribution in [-0.2, 0) is 10.0 Å². The molecule has 1 fully saturated rings. The molecule has 1 N–H and O–H groups in total. The molecule has 0 aromatic heterocycles. The van der Waals surface area contributed by atoms with Gasteiger partial charge in [-0.3, -0.25) is 0 Å². The first kappa shape index (κ1) is 13.6. The van der Waals surface area contributed by atoms with Gasteiger partial charge in [0.25, 0.3) is 0 Å². The van der Waals surface area contributed by atoms with E-state index in [1.807, 2.05) is 30.3 Å². The molecule has 0 radical (unpaired) electrons. The summed E-state index contributed by atoms with van der Waals surface area (Å²) in [6, 6.07) is 13.1. The highest BCUT2D eigenvalue weighted by Gasteiger charge is 2.23. The van der Waals surface area contributed by atoms with E-state index >= 15 is 0 Å². The first-order valence-electron chi connectivity index (χ1n) is 7.17. The largest absolute Gasteiger partial charge is 0.241 e. The molecule has 3 nitrogen and oxygen atoms in total. The Hall–Kier alpha value is -1.39. The highest BCUT2D eigenvalue weighted by Crippen LogP contribution is 2.25. The Morgan fingerprint density at radius 2 is 1.60 bits per heavy atom. The zero-order valence-corrected chi connectivity index (χ0v) is 12.2. The van der Waals surface area contributed by atoms with Gasteiger partial charge in [0.05, 0.1) is 4.90 Å². The van der Waals surface area contributed by atoms with E-state index in [1.54, 1.807) is 12.1 Å². The Morgan fingerprint density at radius 1 is 0.900 bits per heavy atom. The zero-order chi connectivity index (χ0) is 14.0. The predicted molar refractivity (Wildman–Crippen MR) is 81.1 cm³/mol. The number of rotatable bonds is 3. The van der Waals surface area contributed by atoms with Gasteiger partial charge in [-0.15, -0.1) is 0 Å². The van der Waals surface area contributed by atoms with Gasteiger partial charge in [-0.2, -0.15) is 0 Å². The molecule has 3 rings (SSSR count).